The number of Topliss-reactive ketones (excluding diaryl/α,β-unsaturated/α-hetero) is 1. The number of amides is 1. The lowest BCUT2D eigenvalue weighted by Gasteiger charge is -2.08. The molecule has 4 aromatic rings. The summed E-state index contributed by atoms with van der Waals surface area (Å²) in [7, 11) is 0. The Hall–Kier alpha value is -3.94. The molecule has 0 saturated heterocycles. The minimum Gasteiger partial charge on any atom is -0.368 e. The summed E-state index contributed by atoms with van der Waals surface area (Å²) in [6, 6.07) is 14.5. The molecular weight excluding hydrogens is 370 g/mol. The molecule has 1 amide bonds. The standard InChI is InChI=1S/C21H19N5O3/c27-18(16-12-24-17-9-4-3-6-13(16)17)21(29)23-11-5-10-22-19-14-7-1-2-8-15(14)20(28)26-25-19/h1-4,6-9,12,24H,5,10-11H2,(H,22,25)(H,23,29)(H,26,28). The van der Waals surface area contributed by atoms with Crippen LogP contribution in [0.2, 0.25) is 0 Å². The summed E-state index contributed by atoms with van der Waals surface area (Å²) in [6.07, 6.45) is 2.14. The second kappa shape index (κ2) is 7.97. The van der Waals surface area contributed by atoms with Gasteiger partial charge in [0.25, 0.3) is 17.2 Å². The van der Waals surface area contributed by atoms with Crippen LogP contribution in [0.15, 0.2) is 59.5 Å². The molecule has 0 atom stereocenters. The molecule has 4 rings (SSSR count). The zero-order valence-electron chi connectivity index (χ0n) is 15.5. The van der Waals surface area contributed by atoms with Crippen molar-refractivity contribution in [2.75, 3.05) is 18.4 Å². The third kappa shape index (κ3) is 3.73. The van der Waals surface area contributed by atoms with Crippen LogP contribution in [-0.2, 0) is 4.79 Å². The zero-order valence-corrected chi connectivity index (χ0v) is 15.5. The molecule has 0 bridgehead atoms. The van der Waals surface area contributed by atoms with Gasteiger partial charge in [0.2, 0.25) is 0 Å². The van der Waals surface area contributed by atoms with Crippen LogP contribution in [0.1, 0.15) is 16.8 Å². The van der Waals surface area contributed by atoms with E-state index >= 15 is 0 Å². The number of para-hydroxylation sites is 1. The molecule has 0 spiro atoms. The van der Waals surface area contributed by atoms with E-state index in [1.165, 1.54) is 0 Å². The number of rotatable bonds is 7. The zero-order chi connectivity index (χ0) is 20.2. The van der Waals surface area contributed by atoms with E-state index in [2.05, 4.69) is 25.8 Å². The fraction of sp³-hybridized carbons (Fsp3) is 0.143. The topological polar surface area (TPSA) is 120 Å². The summed E-state index contributed by atoms with van der Waals surface area (Å²) in [5.41, 5.74) is 0.933. The molecule has 146 valence electrons. The highest BCUT2D eigenvalue weighted by molar-refractivity contribution is 6.44. The Labute approximate surface area is 165 Å². The van der Waals surface area contributed by atoms with E-state index in [1.807, 2.05) is 30.3 Å². The normalized spacial score (nSPS) is 10.9. The van der Waals surface area contributed by atoms with Gasteiger partial charge in [0, 0.05) is 35.6 Å². The summed E-state index contributed by atoms with van der Waals surface area (Å²) in [5.74, 6) is -0.632. The predicted molar refractivity (Wildman–Crippen MR) is 111 cm³/mol. The Morgan fingerprint density at radius 3 is 2.48 bits per heavy atom. The second-order valence-electron chi connectivity index (χ2n) is 6.56. The number of nitrogens with one attached hydrogen (secondary N) is 4. The monoisotopic (exact) mass is 389 g/mol. The van der Waals surface area contributed by atoms with Crippen LogP contribution < -0.4 is 16.2 Å². The molecule has 0 unspecified atom stereocenters. The van der Waals surface area contributed by atoms with Gasteiger partial charge >= 0.3 is 0 Å². The number of H-pyrrole nitrogens is 2. The van der Waals surface area contributed by atoms with Crippen LogP contribution in [0, 0.1) is 0 Å². The van der Waals surface area contributed by atoms with Crippen LogP contribution in [0.3, 0.4) is 0 Å². The van der Waals surface area contributed by atoms with Gasteiger partial charge in [-0.25, -0.2) is 5.10 Å². The van der Waals surface area contributed by atoms with Crippen molar-refractivity contribution in [3.8, 4) is 0 Å². The van der Waals surface area contributed by atoms with Crippen LogP contribution in [0.4, 0.5) is 5.82 Å². The van der Waals surface area contributed by atoms with Crippen molar-refractivity contribution in [3.05, 3.63) is 70.6 Å². The van der Waals surface area contributed by atoms with E-state index in [0.717, 1.165) is 16.3 Å². The maximum atomic E-state index is 12.4. The Kier molecular flexibility index (Phi) is 5.07. The summed E-state index contributed by atoms with van der Waals surface area (Å²) in [4.78, 5) is 39.4. The lowest BCUT2D eigenvalue weighted by molar-refractivity contribution is -0.116. The van der Waals surface area contributed by atoms with Gasteiger partial charge in [0.1, 0.15) is 0 Å². The number of aromatic amines is 2. The molecular formula is C21H19N5O3. The Bertz CT molecular complexity index is 1260. The third-order valence-electron chi connectivity index (χ3n) is 4.67. The Balaban J connectivity index is 1.31. The molecule has 4 N–H and O–H groups in total. The number of benzene rings is 2. The molecule has 2 aromatic carbocycles. The van der Waals surface area contributed by atoms with Crippen molar-refractivity contribution >= 4 is 39.2 Å². The average molecular weight is 389 g/mol. The highest BCUT2D eigenvalue weighted by Gasteiger charge is 2.19. The van der Waals surface area contributed by atoms with Gasteiger partial charge in [-0.1, -0.05) is 36.4 Å². The van der Waals surface area contributed by atoms with Gasteiger partial charge in [0.15, 0.2) is 5.82 Å². The molecule has 2 heterocycles. The molecule has 0 aliphatic heterocycles. The SMILES string of the molecule is O=C(NCCCNc1n[nH]c(=O)c2ccccc12)C(=O)c1c[nH]c2ccccc12. The van der Waals surface area contributed by atoms with Crippen LogP contribution >= 0.6 is 0 Å². The second-order valence-corrected chi connectivity index (χ2v) is 6.56. The van der Waals surface area contributed by atoms with Crippen LogP contribution in [0.25, 0.3) is 21.7 Å². The number of carbonyl (C=O) groups excluding carboxylic acids is 2. The van der Waals surface area contributed by atoms with Crippen molar-refractivity contribution in [3.63, 3.8) is 0 Å². The lowest BCUT2D eigenvalue weighted by Crippen LogP contribution is -2.32. The highest BCUT2D eigenvalue weighted by Crippen LogP contribution is 2.18. The molecule has 0 radical (unpaired) electrons. The Morgan fingerprint density at radius 1 is 0.931 bits per heavy atom. The quantitative estimate of drug-likeness (QED) is 0.219. The van der Waals surface area contributed by atoms with Gasteiger partial charge in [-0.15, -0.1) is 0 Å². The summed E-state index contributed by atoms with van der Waals surface area (Å²) < 4.78 is 0. The Morgan fingerprint density at radius 2 is 1.66 bits per heavy atom. The van der Waals surface area contributed by atoms with Gasteiger partial charge in [-0.05, 0) is 18.6 Å². The van der Waals surface area contributed by atoms with E-state index in [0.29, 0.717) is 36.3 Å². The number of hydrogen-bond donors (Lipinski definition) is 4. The highest BCUT2D eigenvalue weighted by atomic mass is 16.2. The van der Waals surface area contributed by atoms with E-state index in [-0.39, 0.29) is 5.56 Å². The maximum Gasteiger partial charge on any atom is 0.292 e. The lowest BCUT2D eigenvalue weighted by atomic mass is 10.1. The molecule has 2 aromatic heterocycles. The smallest absolute Gasteiger partial charge is 0.292 e. The van der Waals surface area contributed by atoms with Crippen molar-refractivity contribution in [1.82, 2.24) is 20.5 Å². The van der Waals surface area contributed by atoms with E-state index in [4.69, 9.17) is 0 Å². The first-order valence-electron chi connectivity index (χ1n) is 9.25. The predicted octanol–water partition coefficient (Wildman–Crippen LogP) is 2.21. The number of aromatic nitrogens is 3. The number of ketones is 1. The van der Waals surface area contributed by atoms with E-state index in [9.17, 15) is 14.4 Å². The molecule has 0 fully saturated rings. The largest absolute Gasteiger partial charge is 0.368 e. The van der Waals surface area contributed by atoms with Crippen molar-refractivity contribution in [2.24, 2.45) is 0 Å². The van der Waals surface area contributed by atoms with Crippen LogP contribution in [-0.4, -0.2) is 40.0 Å². The fourth-order valence-corrected chi connectivity index (χ4v) is 3.21. The van der Waals surface area contributed by atoms with E-state index in [1.54, 1.807) is 24.4 Å². The number of nitrogens with zero attached hydrogens (tertiary/aromatic N) is 1. The summed E-state index contributed by atoms with van der Waals surface area (Å²) >= 11 is 0. The van der Waals surface area contributed by atoms with Crippen LogP contribution in [0.5, 0.6) is 0 Å². The van der Waals surface area contributed by atoms with E-state index < -0.39 is 11.7 Å². The van der Waals surface area contributed by atoms with Gasteiger partial charge in [0.05, 0.1) is 10.9 Å². The average Bonchev–Trinajstić information content (AvgIpc) is 3.18. The molecule has 8 nitrogen and oxygen atoms in total. The number of carbonyl (C=O) groups is 2. The first-order valence-corrected chi connectivity index (χ1v) is 9.25. The summed E-state index contributed by atoms with van der Waals surface area (Å²) in [5, 5.41) is 14.3. The van der Waals surface area contributed by atoms with Gasteiger partial charge in [-0.2, -0.15) is 5.10 Å². The maximum absolute atomic E-state index is 12.4. The number of hydrogen-bond acceptors (Lipinski definition) is 5. The fourth-order valence-electron chi connectivity index (χ4n) is 3.21. The molecule has 0 aliphatic rings. The van der Waals surface area contributed by atoms with Gasteiger partial charge in [-0.3, -0.25) is 14.4 Å². The number of fused-ring (bicyclic) bond motifs is 2. The molecule has 29 heavy (non-hydrogen) atoms. The first kappa shape index (κ1) is 18.4. The minimum atomic E-state index is -0.637. The molecule has 8 heteroatoms. The molecule has 0 saturated carbocycles. The molecule has 0 aliphatic carbocycles. The minimum absolute atomic E-state index is 0.241. The summed E-state index contributed by atoms with van der Waals surface area (Å²) in [6.45, 7) is 0.853. The first-order chi connectivity index (χ1) is 14.1. The van der Waals surface area contributed by atoms with Crippen molar-refractivity contribution in [2.45, 2.75) is 6.42 Å². The van der Waals surface area contributed by atoms with Crippen molar-refractivity contribution in [1.29, 1.82) is 0 Å². The number of anilines is 1. The van der Waals surface area contributed by atoms with Gasteiger partial charge < -0.3 is 15.6 Å². The van der Waals surface area contributed by atoms with Crippen molar-refractivity contribution < 1.29 is 9.59 Å². The third-order valence-corrected chi connectivity index (χ3v) is 4.67.